The fourth-order valence-corrected chi connectivity index (χ4v) is 7.81. The number of hydrogen-bond donors (Lipinski definition) is 0. The fraction of sp³-hybridized carbons (Fsp3) is 0.146. The van der Waals surface area contributed by atoms with Crippen LogP contribution in [0.1, 0.15) is 57.0 Å². The van der Waals surface area contributed by atoms with Gasteiger partial charge in [0.1, 0.15) is 17.5 Å². The Bertz CT molecular complexity index is 2760. The third-order valence-corrected chi connectivity index (χ3v) is 10.4. The number of hydrogen-bond acceptors (Lipinski definition) is 3. The summed E-state index contributed by atoms with van der Waals surface area (Å²) in [5.41, 5.74) is 11.5. The molecule has 2 unspecified atom stereocenters. The molecule has 9 rings (SSSR count). The Kier molecular flexibility index (Phi) is 8.72. The summed E-state index contributed by atoms with van der Waals surface area (Å²) in [5, 5.41) is 0. The predicted molar refractivity (Wildman–Crippen MR) is 225 cm³/mol. The van der Waals surface area contributed by atoms with Crippen molar-refractivity contribution in [2.24, 2.45) is 5.92 Å². The average Bonchev–Trinajstić information content (AvgIpc) is 3.86. The Balaban J connectivity index is 1.33. The van der Waals surface area contributed by atoms with Crippen molar-refractivity contribution < 1.29 is 0 Å². The van der Waals surface area contributed by atoms with E-state index in [9.17, 15) is 0 Å². The van der Waals surface area contributed by atoms with Crippen molar-refractivity contribution in [1.82, 2.24) is 28.7 Å². The fourth-order valence-electron chi connectivity index (χ4n) is 7.81. The van der Waals surface area contributed by atoms with E-state index in [4.69, 9.17) is 15.0 Å². The van der Waals surface area contributed by atoms with Crippen LogP contribution in [0.4, 0.5) is 0 Å². The SMILES string of the molecule is C/C=C(\C=C/CC)n1c(C2=CC(c3nc4ccccc4n3-c3ccccc3)C=CC(c3nc4ccccc4n3C3=CC=CCC3C)=C2)nc2ccccc21. The second kappa shape index (κ2) is 14.1. The highest BCUT2D eigenvalue weighted by Crippen LogP contribution is 2.39. The molecule has 2 atom stereocenters. The molecule has 0 saturated heterocycles. The number of nitrogens with zero attached hydrogens (tertiary/aromatic N) is 6. The third kappa shape index (κ3) is 5.80. The zero-order valence-electron chi connectivity index (χ0n) is 30.8. The molecule has 3 aromatic heterocycles. The molecule has 6 heteroatoms. The average molecular weight is 703 g/mol. The van der Waals surface area contributed by atoms with Crippen LogP contribution in [0.2, 0.25) is 0 Å². The van der Waals surface area contributed by atoms with Gasteiger partial charge in [0.15, 0.2) is 0 Å². The van der Waals surface area contributed by atoms with Gasteiger partial charge in [0, 0.05) is 34.1 Å². The molecule has 7 aromatic rings. The predicted octanol–water partition coefficient (Wildman–Crippen LogP) is 11.8. The molecule has 0 N–H and O–H groups in total. The van der Waals surface area contributed by atoms with E-state index in [1.807, 2.05) is 0 Å². The number of para-hydroxylation sites is 7. The van der Waals surface area contributed by atoms with Crippen molar-refractivity contribution in [3.8, 4) is 5.69 Å². The molecule has 264 valence electrons. The van der Waals surface area contributed by atoms with E-state index in [-0.39, 0.29) is 5.92 Å². The molecule has 2 aliphatic carbocycles. The Morgan fingerprint density at radius 3 is 2.11 bits per heavy atom. The first-order valence-corrected chi connectivity index (χ1v) is 18.9. The second-order valence-electron chi connectivity index (χ2n) is 13.9. The maximum absolute atomic E-state index is 5.37. The van der Waals surface area contributed by atoms with Gasteiger partial charge in [-0.3, -0.25) is 13.7 Å². The zero-order valence-corrected chi connectivity index (χ0v) is 30.8. The minimum absolute atomic E-state index is 0.191. The summed E-state index contributed by atoms with van der Waals surface area (Å²) in [4.78, 5) is 16.1. The lowest BCUT2D eigenvalue weighted by Crippen LogP contribution is -2.11. The van der Waals surface area contributed by atoms with E-state index < -0.39 is 0 Å². The number of allylic oxidation sites excluding steroid dienone is 14. The summed E-state index contributed by atoms with van der Waals surface area (Å²) in [6, 6.07) is 35.8. The first-order chi connectivity index (χ1) is 26.6. The van der Waals surface area contributed by atoms with Crippen LogP contribution in [0, 0.1) is 5.92 Å². The number of rotatable bonds is 8. The van der Waals surface area contributed by atoms with Crippen molar-refractivity contribution in [1.29, 1.82) is 0 Å². The first kappa shape index (κ1) is 33.3. The van der Waals surface area contributed by atoms with Crippen molar-refractivity contribution >= 4 is 55.6 Å². The second-order valence-corrected chi connectivity index (χ2v) is 13.9. The lowest BCUT2D eigenvalue weighted by Gasteiger charge is -2.21. The van der Waals surface area contributed by atoms with E-state index in [1.54, 1.807) is 0 Å². The third-order valence-electron chi connectivity index (χ3n) is 10.4. The van der Waals surface area contributed by atoms with Crippen molar-refractivity contribution in [3.05, 3.63) is 181 Å². The lowest BCUT2D eigenvalue weighted by molar-refractivity contribution is 0.716. The van der Waals surface area contributed by atoms with Gasteiger partial charge in [-0.15, -0.1) is 0 Å². The van der Waals surface area contributed by atoms with E-state index in [2.05, 4.69) is 198 Å². The molecule has 0 aliphatic heterocycles. The van der Waals surface area contributed by atoms with Gasteiger partial charge in [-0.25, -0.2) is 15.0 Å². The van der Waals surface area contributed by atoms with Crippen LogP contribution in [0.3, 0.4) is 0 Å². The van der Waals surface area contributed by atoms with E-state index in [1.165, 1.54) is 5.70 Å². The topological polar surface area (TPSA) is 53.5 Å². The maximum atomic E-state index is 5.37. The molecule has 0 fully saturated rings. The molecular formula is C48H42N6. The Labute approximate surface area is 315 Å². The molecule has 54 heavy (non-hydrogen) atoms. The molecule has 0 spiro atoms. The lowest BCUT2D eigenvalue weighted by atomic mass is 9.98. The molecule has 2 aliphatic rings. The Hall–Kier alpha value is -6.53. The highest BCUT2D eigenvalue weighted by molar-refractivity contribution is 5.94. The first-order valence-electron chi connectivity index (χ1n) is 18.9. The van der Waals surface area contributed by atoms with Crippen LogP contribution in [0.15, 0.2) is 164 Å². The zero-order chi connectivity index (χ0) is 36.6. The molecule has 0 saturated carbocycles. The summed E-state index contributed by atoms with van der Waals surface area (Å²) in [5.74, 6) is 2.86. The standard InChI is InChI=1S/C48H42N6/c1-4-6-19-37(5-2)52-43-26-15-11-22-39(43)51-48(52)36-31-34(46-49-40-23-12-16-27-44(40)53(46)38-20-8-7-9-21-38)29-30-35(32-36)47-50-41-24-13-17-28-45(41)54(47)42-25-14-10-18-33(42)3/h5-17,19-34H,4,18H2,1-3H3/b19-6-,37-5+. The van der Waals surface area contributed by atoms with Crippen LogP contribution in [0.5, 0.6) is 0 Å². The van der Waals surface area contributed by atoms with Gasteiger partial charge in [0.2, 0.25) is 0 Å². The van der Waals surface area contributed by atoms with E-state index >= 15 is 0 Å². The van der Waals surface area contributed by atoms with Gasteiger partial charge < -0.3 is 0 Å². The summed E-state index contributed by atoms with van der Waals surface area (Å²) in [6.45, 7) is 6.56. The Morgan fingerprint density at radius 1 is 0.741 bits per heavy atom. The summed E-state index contributed by atoms with van der Waals surface area (Å²) in [7, 11) is 0. The Morgan fingerprint density at radius 2 is 1.39 bits per heavy atom. The molecule has 3 heterocycles. The van der Waals surface area contributed by atoms with Gasteiger partial charge >= 0.3 is 0 Å². The van der Waals surface area contributed by atoms with Crippen LogP contribution < -0.4 is 0 Å². The smallest absolute Gasteiger partial charge is 0.145 e. The number of aromatic nitrogens is 6. The highest BCUT2D eigenvalue weighted by Gasteiger charge is 2.26. The largest absolute Gasteiger partial charge is 0.296 e. The van der Waals surface area contributed by atoms with Gasteiger partial charge in [0.25, 0.3) is 0 Å². The molecule has 6 nitrogen and oxygen atoms in total. The van der Waals surface area contributed by atoms with Gasteiger partial charge in [-0.05, 0) is 86.5 Å². The van der Waals surface area contributed by atoms with Gasteiger partial charge in [0.05, 0.1) is 39.0 Å². The quantitative estimate of drug-likeness (QED) is 0.148. The van der Waals surface area contributed by atoms with E-state index in [0.29, 0.717) is 5.92 Å². The minimum Gasteiger partial charge on any atom is -0.296 e. The van der Waals surface area contributed by atoms with Crippen molar-refractivity contribution in [2.45, 2.75) is 39.5 Å². The molecule has 0 radical (unpaired) electrons. The van der Waals surface area contributed by atoms with Crippen molar-refractivity contribution in [3.63, 3.8) is 0 Å². The van der Waals surface area contributed by atoms with Crippen LogP contribution in [0.25, 0.3) is 61.3 Å². The summed E-state index contributed by atoms with van der Waals surface area (Å²) >= 11 is 0. The van der Waals surface area contributed by atoms with Crippen LogP contribution >= 0.6 is 0 Å². The maximum Gasteiger partial charge on any atom is 0.145 e. The molecular weight excluding hydrogens is 661 g/mol. The summed E-state index contributed by atoms with van der Waals surface area (Å²) in [6.07, 6.45) is 24.3. The van der Waals surface area contributed by atoms with Crippen molar-refractivity contribution in [2.75, 3.05) is 0 Å². The highest BCUT2D eigenvalue weighted by atomic mass is 15.1. The van der Waals surface area contributed by atoms with Gasteiger partial charge in [-0.1, -0.05) is 111 Å². The molecule has 0 amide bonds. The summed E-state index contributed by atoms with van der Waals surface area (Å²) < 4.78 is 6.95. The number of fused-ring (bicyclic) bond motifs is 3. The monoisotopic (exact) mass is 702 g/mol. The molecule has 4 aromatic carbocycles. The minimum atomic E-state index is -0.191. The molecule has 0 bridgehead atoms. The van der Waals surface area contributed by atoms with Crippen LogP contribution in [-0.2, 0) is 0 Å². The van der Waals surface area contributed by atoms with Gasteiger partial charge in [-0.2, -0.15) is 0 Å². The van der Waals surface area contributed by atoms with Crippen LogP contribution in [-0.4, -0.2) is 28.7 Å². The normalized spacial score (nSPS) is 17.8. The van der Waals surface area contributed by atoms with E-state index in [0.717, 1.165) is 85.9 Å². The number of imidazole rings is 3. The number of benzene rings is 4.